The van der Waals surface area contributed by atoms with E-state index in [1.807, 2.05) is 37.3 Å². The Hall–Kier alpha value is -3.05. The number of rotatable bonds is 4. The highest BCUT2D eigenvalue weighted by Gasteiger charge is 2.39. The third-order valence-electron chi connectivity index (χ3n) is 6.80. The first-order chi connectivity index (χ1) is 15.3. The largest absolute Gasteiger partial charge is 0.378 e. The lowest BCUT2D eigenvalue weighted by molar-refractivity contribution is 0.424. The summed E-state index contributed by atoms with van der Waals surface area (Å²) in [6.07, 6.45) is 5.46. The molecule has 0 saturated carbocycles. The molecule has 3 atom stereocenters. The SMILES string of the molecule is Cc1ccc(C)c([C@H]2Nc3ccc(S(=O)(=O)Nc4ccccc4C)cc3[C@H]3C=CC[C@H]32)c1. The Balaban J connectivity index is 1.52. The minimum absolute atomic E-state index is 0.199. The maximum atomic E-state index is 13.2. The van der Waals surface area contributed by atoms with E-state index in [0.717, 1.165) is 23.2 Å². The van der Waals surface area contributed by atoms with Crippen LogP contribution in [0.2, 0.25) is 0 Å². The van der Waals surface area contributed by atoms with Gasteiger partial charge in [-0.25, -0.2) is 8.42 Å². The number of allylic oxidation sites excluding steroid dienone is 2. The second-order valence-electron chi connectivity index (χ2n) is 9.01. The smallest absolute Gasteiger partial charge is 0.261 e. The minimum Gasteiger partial charge on any atom is -0.378 e. The van der Waals surface area contributed by atoms with E-state index >= 15 is 0 Å². The fourth-order valence-electron chi connectivity index (χ4n) is 5.03. The van der Waals surface area contributed by atoms with Gasteiger partial charge in [0.05, 0.1) is 16.6 Å². The third kappa shape index (κ3) is 3.61. The van der Waals surface area contributed by atoms with Crippen LogP contribution in [0.5, 0.6) is 0 Å². The summed E-state index contributed by atoms with van der Waals surface area (Å²) < 4.78 is 29.1. The third-order valence-corrected chi connectivity index (χ3v) is 8.17. The maximum Gasteiger partial charge on any atom is 0.261 e. The highest BCUT2D eigenvalue weighted by atomic mass is 32.2. The number of aryl methyl sites for hydroxylation is 3. The first-order valence-corrected chi connectivity index (χ1v) is 12.5. The van der Waals surface area contributed by atoms with E-state index in [-0.39, 0.29) is 12.0 Å². The van der Waals surface area contributed by atoms with Crippen molar-refractivity contribution in [2.45, 2.75) is 44.0 Å². The van der Waals surface area contributed by atoms with Gasteiger partial charge in [0.15, 0.2) is 0 Å². The molecule has 5 heteroatoms. The van der Waals surface area contributed by atoms with Gasteiger partial charge < -0.3 is 5.32 Å². The maximum absolute atomic E-state index is 13.2. The van der Waals surface area contributed by atoms with Crippen molar-refractivity contribution in [1.82, 2.24) is 0 Å². The van der Waals surface area contributed by atoms with Crippen LogP contribution in [0, 0.1) is 26.7 Å². The van der Waals surface area contributed by atoms with Gasteiger partial charge in [-0.3, -0.25) is 4.72 Å². The van der Waals surface area contributed by atoms with Crippen LogP contribution in [0.4, 0.5) is 11.4 Å². The van der Waals surface area contributed by atoms with E-state index in [9.17, 15) is 8.42 Å². The van der Waals surface area contributed by atoms with Gasteiger partial charge >= 0.3 is 0 Å². The Morgan fingerprint density at radius 3 is 2.53 bits per heavy atom. The predicted molar refractivity (Wildman–Crippen MR) is 131 cm³/mol. The van der Waals surface area contributed by atoms with Crippen LogP contribution in [0.15, 0.2) is 77.7 Å². The average Bonchev–Trinajstić information content (AvgIpc) is 3.26. The summed E-state index contributed by atoms with van der Waals surface area (Å²) in [7, 11) is -3.68. The standard InChI is InChI=1S/C27H28N2O2S/c1-17-11-12-18(2)23(15-17)27-22-9-6-8-21(22)24-16-20(13-14-26(24)28-27)32(30,31)29-25-10-5-4-7-19(25)3/h4-8,10-16,21-22,27-29H,9H2,1-3H3/t21-,22+,27-/m0/s1. The molecule has 5 rings (SSSR count). The molecular weight excluding hydrogens is 416 g/mol. The van der Waals surface area contributed by atoms with Crippen molar-refractivity contribution in [2.24, 2.45) is 5.92 Å². The number of benzene rings is 3. The molecule has 0 bridgehead atoms. The van der Waals surface area contributed by atoms with Gasteiger partial charge in [-0.2, -0.15) is 0 Å². The van der Waals surface area contributed by atoms with E-state index in [1.54, 1.807) is 12.1 Å². The fraction of sp³-hybridized carbons (Fsp3) is 0.259. The number of anilines is 2. The van der Waals surface area contributed by atoms with Crippen LogP contribution in [-0.4, -0.2) is 8.42 Å². The molecule has 0 unspecified atom stereocenters. The second-order valence-corrected chi connectivity index (χ2v) is 10.7. The van der Waals surface area contributed by atoms with Crippen molar-refractivity contribution in [3.05, 3.63) is 101 Å². The van der Waals surface area contributed by atoms with Gasteiger partial charge in [-0.15, -0.1) is 0 Å². The molecule has 3 aromatic rings. The molecule has 3 aromatic carbocycles. The molecule has 2 aliphatic rings. The Morgan fingerprint density at radius 2 is 1.72 bits per heavy atom. The van der Waals surface area contributed by atoms with Crippen molar-refractivity contribution in [1.29, 1.82) is 0 Å². The summed E-state index contributed by atoms with van der Waals surface area (Å²) >= 11 is 0. The minimum atomic E-state index is -3.68. The second kappa shape index (κ2) is 7.82. The van der Waals surface area contributed by atoms with Gasteiger partial charge in [0, 0.05) is 11.6 Å². The molecule has 1 aliphatic heterocycles. The Bertz CT molecular complexity index is 1330. The summed E-state index contributed by atoms with van der Waals surface area (Å²) in [5.74, 6) is 0.565. The normalized spacial score (nSPS) is 21.5. The van der Waals surface area contributed by atoms with Crippen LogP contribution in [-0.2, 0) is 10.0 Å². The molecule has 0 radical (unpaired) electrons. The van der Waals surface area contributed by atoms with Crippen molar-refractivity contribution in [3.8, 4) is 0 Å². The quantitative estimate of drug-likeness (QED) is 0.468. The number of fused-ring (bicyclic) bond motifs is 3. The van der Waals surface area contributed by atoms with Crippen molar-refractivity contribution in [2.75, 3.05) is 10.0 Å². The number of hydrogen-bond donors (Lipinski definition) is 2. The summed E-state index contributed by atoms with van der Waals surface area (Å²) in [5, 5.41) is 3.73. The summed E-state index contributed by atoms with van der Waals surface area (Å²) in [6, 6.07) is 19.7. The lowest BCUT2D eigenvalue weighted by Gasteiger charge is -2.38. The molecule has 0 amide bonds. The lowest BCUT2D eigenvalue weighted by atomic mass is 9.76. The van der Waals surface area contributed by atoms with Gasteiger partial charge in [0.1, 0.15) is 0 Å². The van der Waals surface area contributed by atoms with Gasteiger partial charge in [0.25, 0.3) is 10.0 Å². The molecule has 2 N–H and O–H groups in total. The zero-order chi connectivity index (χ0) is 22.5. The Kier molecular flexibility index (Phi) is 5.09. The van der Waals surface area contributed by atoms with Crippen LogP contribution in [0.1, 0.15) is 46.2 Å². The van der Waals surface area contributed by atoms with Crippen molar-refractivity contribution >= 4 is 21.4 Å². The van der Waals surface area contributed by atoms with E-state index in [1.165, 1.54) is 16.7 Å². The molecule has 164 valence electrons. The molecule has 0 spiro atoms. The molecular formula is C27H28N2O2S. The van der Waals surface area contributed by atoms with E-state index in [4.69, 9.17) is 0 Å². The lowest BCUT2D eigenvalue weighted by Crippen LogP contribution is -2.30. The van der Waals surface area contributed by atoms with Crippen LogP contribution >= 0.6 is 0 Å². The molecule has 0 saturated heterocycles. The number of para-hydroxylation sites is 1. The first kappa shape index (κ1) is 20.8. The number of hydrogen-bond acceptors (Lipinski definition) is 3. The Labute approximate surface area is 190 Å². The summed E-state index contributed by atoms with van der Waals surface area (Å²) in [5.41, 5.74) is 7.43. The molecule has 4 nitrogen and oxygen atoms in total. The van der Waals surface area contributed by atoms with Crippen molar-refractivity contribution in [3.63, 3.8) is 0 Å². The van der Waals surface area contributed by atoms with E-state index in [2.05, 4.69) is 54.2 Å². The van der Waals surface area contributed by atoms with Gasteiger partial charge in [0.2, 0.25) is 0 Å². The molecule has 0 aromatic heterocycles. The van der Waals surface area contributed by atoms with E-state index in [0.29, 0.717) is 16.5 Å². The molecule has 1 heterocycles. The van der Waals surface area contributed by atoms with Crippen LogP contribution < -0.4 is 10.0 Å². The number of sulfonamides is 1. The van der Waals surface area contributed by atoms with Crippen molar-refractivity contribution < 1.29 is 8.42 Å². The van der Waals surface area contributed by atoms with Crippen LogP contribution in [0.3, 0.4) is 0 Å². The summed E-state index contributed by atoms with van der Waals surface area (Å²) in [4.78, 5) is 0.297. The predicted octanol–water partition coefficient (Wildman–Crippen LogP) is 6.24. The van der Waals surface area contributed by atoms with Gasteiger partial charge in [-0.1, -0.05) is 54.1 Å². The zero-order valence-corrected chi connectivity index (χ0v) is 19.4. The molecule has 0 fully saturated rings. The fourth-order valence-corrected chi connectivity index (χ4v) is 6.20. The monoisotopic (exact) mass is 444 g/mol. The topological polar surface area (TPSA) is 58.2 Å². The first-order valence-electron chi connectivity index (χ1n) is 11.1. The molecule has 1 aliphatic carbocycles. The zero-order valence-electron chi connectivity index (χ0n) is 18.6. The van der Waals surface area contributed by atoms with Gasteiger partial charge in [-0.05, 0) is 79.6 Å². The number of nitrogens with one attached hydrogen (secondary N) is 2. The van der Waals surface area contributed by atoms with E-state index < -0.39 is 10.0 Å². The van der Waals surface area contributed by atoms with Crippen LogP contribution in [0.25, 0.3) is 0 Å². The molecule has 32 heavy (non-hydrogen) atoms. The Morgan fingerprint density at radius 1 is 0.906 bits per heavy atom. The highest BCUT2D eigenvalue weighted by molar-refractivity contribution is 7.92. The average molecular weight is 445 g/mol. The highest BCUT2D eigenvalue weighted by Crippen LogP contribution is 2.50. The summed E-state index contributed by atoms with van der Waals surface area (Å²) in [6.45, 7) is 6.19.